The third-order valence-corrected chi connectivity index (χ3v) is 3.33. The number of pyridine rings is 1. The highest BCUT2D eigenvalue weighted by Crippen LogP contribution is 2.16. The van der Waals surface area contributed by atoms with Crippen molar-refractivity contribution in [2.45, 2.75) is 33.2 Å². The molecule has 0 radical (unpaired) electrons. The van der Waals surface area contributed by atoms with Crippen LogP contribution < -0.4 is 10.5 Å². The van der Waals surface area contributed by atoms with E-state index in [-0.39, 0.29) is 6.04 Å². The molecule has 1 aromatic carbocycles. The van der Waals surface area contributed by atoms with Crippen LogP contribution in [0.3, 0.4) is 0 Å². The number of benzene rings is 1. The second kappa shape index (κ2) is 7.23. The number of aryl methyl sites for hydroxylation is 1. The van der Waals surface area contributed by atoms with Gasteiger partial charge in [-0.25, -0.2) is 4.98 Å². The summed E-state index contributed by atoms with van der Waals surface area (Å²) in [6.45, 7) is 6.82. The van der Waals surface area contributed by atoms with Crippen molar-refractivity contribution >= 4 is 0 Å². The third kappa shape index (κ3) is 4.87. The summed E-state index contributed by atoms with van der Waals surface area (Å²) in [5, 5.41) is 0. The molecule has 0 fully saturated rings. The van der Waals surface area contributed by atoms with Gasteiger partial charge in [-0.1, -0.05) is 44.2 Å². The number of aromatic nitrogens is 1. The molecule has 2 rings (SSSR count). The highest BCUT2D eigenvalue weighted by Gasteiger charge is 2.08. The van der Waals surface area contributed by atoms with Crippen LogP contribution in [0.4, 0.5) is 0 Å². The number of hydrogen-bond donors (Lipinski definition) is 1. The Labute approximate surface area is 127 Å². The van der Waals surface area contributed by atoms with E-state index in [2.05, 4.69) is 43.1 Å². The van der Waals surface area contributed by atoms with Crippen LogP contribution in [0.15, 0.2) is 42.5 Å². The van der Waals surface area contributed by atoms with Crippen molar-refractivity contribution < 1.29 is 4.74 Å². The van der Waals surface area contributed by atoms with Gasteiger partial charge in [0, 0.05) is 11.8 Å². The van der Waals surface area contributed by atoms with Gasteiger partial charge < -0.3 is 10.5 Å². The summed E-state index contributed by atoms with van der Waals surface area (Å²) in [7, 11) is 0. The van der Waals surface area contributed by atoms with Crippen LogP contribution in [0.25, 0.3) is 0 Å². The SMILES string of the molecule is Cc1cccc(OCC(N)c2ccc(CC(C)C)cc2)n1. The lowest BCUT2D eigenvalue weighted by molar-refractivity contribution is 0.279. The highest BCUT2D eigenvalue weighted by molar-refractivity contribution is 5.25. The van der Waals surface area contributed by atoms with Crippen LogP contribution in [0, 0.1) is 12.8 Å². The first-order valence-corrected chi connectivity index (χ1v) is 7.45. The molecule has 1 unspecified atom stereocenters. The Kier molecular flexibility index (Phi) is 5.34. The molecule has 0 spiro atoms. The maximum absolute atomic E-state index is 6.18. The molecule has 2 aromatic rings. The summed E-state index contributed by atoms with van der Waals surface area (Å²) in [5.41, 5.74) is 9.57. The van der Waals surface area contributed by atoms with Gasteiger partial charge in [0.25, 0.3) is 0 Å². The van der Waals surface area contributed by atoms with Gasteiger partial charge in [0.1, 0.15) is 6.61 Å². The number of nitrogens with two attached hydrogens (primary N) is 1. The molecule has 1 aromatic heterocycles. The Morgan fingerprint density at radius 2 is 1.81 bits per heavy atom. The lowest BCUT2D eigenvalue weighted by Crippen LogP contribution is -2.19. The van der Waals surface area contributed by atoms with Crippen molar-refractivity contribution in [2.75, 3.05) is 6.61 Å². The van der Waals surface area contributed by atoms with E-state index in [0.29, 0.717) is 18.4 Å². The molecule has 1 atom stereocenters. The predicted octanol–water partition coefficient (Wildman–Crippen LogP) is 3.67. The van der Waals surface area contributed by atoms with Gasteiger partial charge in [-0.05, 0) is 36.5 Å². The standard InChI is InChI=1S/C18H24N2O/c1-13(2)11-15-7-9-16(10-8-15)17(19)12-21-18-6-4-5-14(3)20-18/h4-10,13,17H,11-12,19H2,1-3H3. The van der Waals surface area contributed by atoms with Gasteiger partial charge in [0.15, 0.2) is 0 Å². The monoisotopic (exact) mass is 284 g/mol. The second-order valence-corrected chi connectivity index (χ2v) is 5.87. The molecule has 21 heavy (non-hydrogen) atoms. The minimum atomic E-state index is -0.139. The highest BCUT2D eigenvalue weighted by atomic mass is 16.5. The molecule has 2 N–H and O–H groups in total. The topological polar surface area (TPSA) is 48.1 Å². The van der Waals surface area contributed by atoms with Gasteiger partial charge >= 0.3 is 0 Å². The molecular weight excluding hydrogens is 260 g/mol. The molecule has 1 heterocycles. The molecule has 0 aliphatic carbocycles. The van der Waals surface area contributed by atoms with Crippen molar-refractivity contribution in [1.82, 2.24) is 4.98 Å². The third-order valence-electron chi connectivity index (χ3n) is 3.33. The normalized spacial score (nSPS) is 12.4. The van der Waals surface area contributed by atoms with Gasteiger partial charge in [-0.15, -0.1) is 0 Å². The molecule has 3 heteroatoms. The van der Waals surface area contributed by atoms with Gasteiger partial charge in [0.2, 0.25) is 5.88 Å². The Morgan fingerprint density at radius 1 is 1.10 bits per heavy atom. The smallest absolute Gasteiger partial charge is 0.213 e. The van der Waals surface area contributed by atoms with Gasteiger partial charge in [-0.3, -0.25) is 0 Å². The van der Waals surface area contributed by atoms with Crippen molar-refractivity contribution in [2.24, 2.45) is 11.7 Å². The van der Waals surface area contributed by atoms with Crippen LogP contribution in [-0.4, -0.2) is 11.6 Å². The zero-order chi connectivity index (χ0) is 15.2. The first-order valence-electron chi connectivity index (χ1n) is 7.45. The van der Waals surface area contributed by atoms with Gasteiger partial charge in [0.05, 0.1) is 6.04 Å². The lowest BCUT2D eigenvalue weighted by Gasteiger charge is -2.14. The summed E-state index contributed by atoms with van der Waals surface area (Å²) in [6, 6.07) is 14.1. The molecule has 0 aliphatic heterocycles. The Bertz CT molecular complexity index is 564. The number of ether oxygens (including phenoxy) is 1. The van der Waals surface area contributed by atoms with E-state index in [1.165, 1.54) is 5.56 Å². The van der Waals surface area contributed by atoms with E-state index < -0.39 is 0 Å². The quantitative estimate of drug-likeness (QED) is 0.880. The predicted molar refractivity (Wildman–Crippen MR) is 86.4 cm³/mol. The molecule has 112 valence electrons. The maximum atomic E-state index is 6.18. The first-order chi connectivity index (χ1) is 10.0. The van der Waals surface area contributed by atoms with Gasteiger partial charge in [-0.2, -0.15) is 0 Å². The maximum Gasteiger partial charge on any atom is 0.213 e. The Hall–Kier alpha value is -1.87. The fourth-order valence-corrected chi connectivity index (χ4v) is 2.24. The summed E-state index contributed by atoms with van der Waals surface area (Å²) in [5.74, 6) is 1.29. The largest absolute Gasteiger partial charge is 0.476 e. The second-order valence-electron chi connectivity index (χ2n) is 5.87. The van der Waals surface area contributed by atoms with E-state index in [1.807, 2.05) is 25.1 Å². The van der Waals surface area contributed by atoms with E-state index in [1.54, 1.807) is 0 Å². The van der Waals surface area contributed by atoms with E-state index >= 15 is 0 Å². The molecule has 0 amide bonds. The number of nitrogens with zero attached hydrogens (tertiary/aromatic N) is 1. The average molecular weight is 284 g/mol. The van der Waals surface area contributed by atoms with E-state index in [9.17, 15) is 0 Å². The van der Waals surface area contributed by atoms with Crippen LogP contribution in [-0.2, 0) is 6.42 Å². The summed E-state index contributed by atoms with van der Waals surface area (Å²) < 4.78 is 5.66. The molecule has 0 saturated heterocycles. The molecule has 0 aliphatic rings. The van der Waals surface area contributed by atoms with Crippen molar-refractivity contribution in [3.05, 3.63) is 59.3 Å². The molecule has 0 saturated carbocycles. The van der Waals surface area contributed by atoms with Crippen LogP contribution in [0.1, 0.15) is 36.7 Å². The zero-order valence-corrected chi connectivity index (χ0v) is 13.0. The summed E-state index contributed by atoms with van der Waals surface area (Å²) in [6.07, 6.45) is 1.10. The minimum Gasteiger partial charge on any atom is -0.476 e. The molecular formula is C18H24N2O. The van der Waals surface area contributed by atoms with Crippen molar-refractivity contribution in [3.8, 4) is 5.88 Å². The molecule has 0 bridgehead atoms. The van der Waals surface area contributed by atoms with Crippen LogP contribution >= 0.6 is 0 Å². The lowest BCUT2D eigenvalue weighted by atomic mass is 10.00. The summed E-state index contributed by atoms with van der Waals surface area (Å²) >= 11 is 0. The minimum absolute atomic E-state index is 0.139. The fraction of sp³-hybridized carbons (Fsp3) is 0.389. The van der Waals surface area contributed by atoms with E-state index in [0.717, 1.165) is 17.7 Å². The summed E-state index contributed by atoms with van der Waals surface area (Å²) in [4.78, 5) is 4.31. The Balaban J connectivity index is 1.92. The van der Waals surface area contributed by atoms with Crippen molar-refractivity contribution in [3.63, 3.8) is 0 Å². The number of hydrogen-bond acceptors (Lipinski definition) is 3. The van der Waals surface area contributed by atoms with E-state index in [4.69, 9.17) is 10.5 Å². The molecule has 3 nitrogen and oxygen atoms in total. The van der Waals surface area contributed by atoms with Crippen molar-refractivity contribution in [1.29, 1.82) is 0 Å². The number of rotatable bonds is 6. The zero-order valence-electron chi connectivity index (χ0n) is 13.0. The first kappa shape index (κ1) is 15.5. The van der Waals surface area contributed by atoms with Crippen LogP contribution in [0.2, 0.25) is 0 Å². The Morgan fingerprint density at radius 3 is 2.43 bits per heavy atom. The van der Waals surface area contributed by atoms with Crippen LogP contribution in [0.5, 0.6) is 5.88 Å². The fourth-order valence-electron chi connectivity index (χ4n) is 2.24. The average Bonchev–Trinajstić information content (AvgIpc) is 2.45.